The molecule has 0 saturated heterocycles. The topological polar surface area (TPSA) is 51.3 Å². The van der Waals surface area contributed by atoms with Crippen molar-refractivity contribution in [2.45, 2.75) is 13.8 Å². The lowest BCUT2D eigenvalue weighted by Gasteiger charge is -1.95. The van der Waals surface area contributed by atoms with Gasteiger partial charge < -0.3 is 5.84 Å². The Hall–Kier alpha value is -1.39. The molecule has 2 rings (SSSR count). The first kappa shape index (κ1) is 12.1. The molecule has 0 aliphatic carbocycles. The molecule has 0 unspecified atom stereocenters. The van der Waals surface area contributed by atoms with E-state index in [1.165, 1.54) is 0 Å². The van der Waals surface area contributed by atoms with Crippen LogP contribution in [0.4, 0.5) is 0 Å². The van der Waals surface area contributed by atoms with Crippen LogP contribution in [-0.4, -0.2) is 10.7 Å². The number of hydrazone groups is 1. The average molecular weight is 266 g/mol. The predicted octanol–water partition coefficient (Wildman–Crippen LogP) is 3.45. The predicted molar refractivity (Wildman–Crippen MR) is 73.7 cm³/mol. The molecule has 1 aromatic carbocycles. The van der Waals surface area contributed by atoms with E-state index in [9.17, 15) is 0 Å². The van der Waals surface area contributed by atoms with Crippen LogP contribution >= 0.6 is 22.9 Å². The molecule has 17 heavy (non-hydrogen) atoms. The van der Waals surface area contributed by atoms with Crippen molar-refractivity contribution in [3.63, 3.8) is 0 Å². The van der Waals surface area contributed by atoms with Gasteiger partial charge in [-0.2, -0.15) is 5.10 Å². The van der Waals surface area contributed by atoms with Gasteiger partial charge in [-0.1, -0.05) is 23.7 Å². The minimum atomic E-state index is 0.724. The molecule has 0 saturated carbocycles. The molecule has 5 heteroatoms. The van der Waals surface area contributed by atoms with E-state index in [1.54, 1.807) is 11.3 Å². The van der Waals surface area contributed by atoms with Crippen molar-refractivity contribution < 1.29 is 0 Å². The number of rotatable bonds is 2. The van der Waals surface area contributed by atoms with Gasteiger partial charge in [0.25, 0.3) is 0 Å². The van der Waals surface area contributed by atoms with Gasteiger partial charge in [-0.05, 0) is 26.0 Å². The molecular weight excluding hydrogens is 254 g/mol. The highest BCUT2D eigenvalue weighted by molar-refractivity contribution is 7.17. The Balaban J connectivity index is 2.44. The van der Waals surface area contributed by atoms with E-state index in [0.717, 1.165) is 31.9 Å². The number of halogens is 1. The smallest absolute Gasteiger partial charge is 0.124 e. The van der Waals surface area contributed by atoms with E-state index in [0.29, 0.717) is 0 Å². The molecule has 0 fully saturated rings. The van der Waals surface area contributed by atoms with Crippen LogP contribution in [0.15, 0.2) is 29.4 Å². The van der Waals surface area contributed by atoms with Gasteiger partial charge in [0.1, 0.15) is 5.01 Å². The Bertz CT molecular complexity index is 558. The molecule has 0 aliphatic rings. The first-order valence-corrected chi connectivity index (χ1v) is 6.29. The third kappa shape index (κ3) is 2.48. The fraction of sp³-hybridized carbons (Fsp3) is 0.167. The second kappa shape index (κ2) is 4.85. The first-order valence-electron chi connectivity index (χ1n) is 5.10. The van der Waals surface area contributed by atoms with Gasteiger partial charge >= 0.3 is 0 Å². The fourth-order valence-corrected chi connectivity index (χ4v) is 2.66. The quantitative estimate of drug-likeness (QED) is 0.514. The average Bonchev–Trinajstić information content (AvgIpc) is 2.71. The summed E-state index contributed by atoms with van der Waals surface area (Å²) < 4.78 is 0. The summed E-state index contributed by atoms with van der Waals surface area (Å²) in [5, 5.41) is 5.39. The van der Waals surface area contributed by atoms with Gasteiger partial charge in [-0.3, -0.25) is 0 Å². The van der Waals surface area contributed by atoms with Crippen LogP contribution < -0.4 is 5.84 Å². The van der Waals surface area contributed by atoms with Gasteiger partial charge in [0, 0.05) is 10.6 Å². The lowest BCUT2D eigenvalue weighted by atomic mass is 10.2. The molecule has 2 aromatic rings. The van der Waals surface area contributed by atoms with Gasteiger partial charge in [0.05, 0.1) is 16.3 Å². The van der Waals surface area contributed by atoms with Gasteiger partial charge in [-0.15, -0.1) is 11.3 Å². The van der Waals surface area contributed by atoms with Crippen molar-refractivity contribution in [1.82, 2.24) is 4.98 Å². The minimum Gasteiger partial charge on any atom is -0.323 e. The molecule has 2 N–H and O–H groups in total. The minimum absolute atomic E-state index is 0.724. The van der Waals surface area contributed by atoms with Crippen LogP contribution in [0, 0.1) is 6.92 Å². The zero-order valence-corrected chi connectivity index (χ0v) is 11.1. The monoisotopic (exact) mass is 265 g/mol. The number of aryl methyl sites for hydroxylation is 1. The number of hydrogen-bond donors (Lipinski definition) is 1. The summed E-state index contributed by atoms with van der Waals surface area (Å²) in [5.74, 6) is 5.29. The molecule has 1 heterocycles. The Labute approximate surface area is 109 Å². The maximum absolute atomic E-state index is 5.86. The maximum Gasteiger partial charge on any atom is 0.124 e. The summed E-state index contributed by atoms with van der Waals surface area (Å²) >= 11 is 7.44. The molecule has 3 nitrogen and oxygen atoms in total. The SMILES string of the molecule is C/C(=N/N)c1sc(-c2ccc(Cl)cc2)nc1C. The molecule has 0 atom stereocenters. The summed E-state index contributed by atoms with van der Waals surface area (Å²) in [6, 6.07) is 7.63. The Morgan fingerprint density at radius 3 is 2.59 bits per heavy atom. The van der Waals surface area contributed by atoms with Crippen molar-refractivity contribution >= 4 is 28.6 Å². The summed E-state index contributed by atoms with van der Waals surface area (Å²) in [6.07, 6.45) is 0. The molecular formula is C12H12ClN3S. The summed E-state index contributed by atoms with van der Waals surface area (Å²) in [5.41, 5.74) is 2.81. The number of hydrogen-bond acceptors (Lipinski definition) is 4. The second-order valence-electron chi connectivity index (χ2n) is 3.65. The highest BCUT2D eigenvalue weighted by atomic mass is 35.5. The van der Waals surface area contributed by atoms with Gasteiger partial charge in [0.2, 0.25) is 0 Å². The molecule has 0 radical (unpaired) electrons. The maximum atomic E-state index is 5.86. The molecule has 88 valence electrons. The highest BCUT2D eigenvalue weighted by Crippen LogP contribution is 2.29. The molecule has 0 spiro atoms. The third-order valence-electron chi connectivity index (χ3n) is 2.41. The molecule has 0 amide bonds. The Morgan fingerprint density at radius 1 is 1.35 bits per heavy atom. The third-order valence-corrected chi connectivity index (χ3v) is 3.98. The second-order valence-corrected chi connectivity index (χ2v) is 5.09. The molecule has 1 aromatic heterocycles. The zero-order valence-electron chi connectivity index (χ0n) is 9.57. The van der Waals surface area contributed by atoms with Gasteiger partial charge in [0.15, 0.2) is 0 Å². The van der Waals surface area contributed by atoms with Crippen molar-refractivity contribution in [2.24, 2.45) is 10.9 Å². The van der Waals surface area contributed by atoms with Crippen LogP contribution in [0.3, 0.4) is 0 Å². The van der Waals surface area contributed by atoms with Crippen LogP contribution in [0.2, 0.25) is 5.02 Å². The van der Waals surface area contributed by atoms with E-state index in [1.807, 2.05) is 38.1 Å². The van der Waals surface area contributed by atoms with Gasteiger partial charge in [-0.25, -0.2) is 4.98 Å². The molecule has 0 bridgehead atoms. The van der Waals surface area contributed by atoms with E-state index < -0.39 is 0 Å². The van der Waals surface area contributed by atoms with Crippen LogP contribution in [-0.2, 0) is 0 Å². The van der Waals surface area contributed by atoms with E-state index in [2.05, 4.69) is 10.1 Å². The largest absolute Gasteiger partial charge is 0.323 e. The van der Waals surface area contributed by atoms with Crippen molar-refractivity contribution in [3.8, 4) is 10.6 Å². The van der Waals surface area contributed by atoms with Crippen LogP contribution in [0.5, 0.6) is 0 Å². The zero-order chi connectivity index (χ0) is 12.4. The lowest BCUT2D eigenvalue weighted by Crippen LogP contribution is -1.97. The standard InChI is InChI=1S/C12H12ClN3S/c1-7-11(8(2)16-14)17-12(15-7)9-3-5-10(13)6-4-9/h3-6H,14H2,1-2H3/b16-8-. The summed E-state index contributed by atoms with van der Waals surface area (Å²) in [7, 11) is 0. The Kier molecular flexibility index (Phi) is 3.45. The van der Waals surface area contributed by atoms with Crippen molar-refractivity contribution in [3.05, 3.63) is 39.9 Å². The Morgan fingerprint density at radius 2 is 2.00 bits per heavy atom. The number of aromatic nitrogens is 1. The van der Waals surface area contributed by atoms with Crippen molar-refractivity contribution in [2.75, 3.05) is 0 Å². The van der Waals surface area contributed by atoms with Crippen LogP contribution in [0.1, 0.15) is 17.5 Å². The number of nitrogens with zero attached hydrogens (tertiary/aromatic N) is 2. The highest BCUT2D eigenvalue weighted by Gasteiger charge is 2.11. The van der Waals surface area contributed by atoms with E-state index in [4.69, 9.17) is 17.4 Å². The van der Waals surface area contributed by atoms with Crippen LogP contribution in [0.25, 0.3) is 10.6 Å². The van der Waals surface area contributed by atoms with Crippen molar-refractivity contribution in [1.29, 1.82) is 0 Å². The number of thiazole rings is 1. The first-order chi connectivity index (χ1) is 8.11. The fourth-order valence-electron chi connectivity index (χ4n) is 1.51. The molecule has 0 aliphatic heterocycles. The summed E-state index contributed by atoms with van der Waals surface area (Å²) in [4.78, 5) is 5.54. The number of nitrogens with two attached hydrogens (primary N) is 1. The lowest BCUT2D eigenvalue weighted by molar-refractivity contribution is 1.22. The van der Waals surface area contributed by atoms with E-state index in [-0.39, 0.29) is 0 Å². The van der Waals surface area contributed by atoms with E-state index >= 15 is 0 Å². The number of benzene rings is 1. The summed E-state index contributed by atoms with van der Waals surface area (Å²) in [6.45, 7) is 3.84. The normalized spacial score (nSPS) is 11.8.